The molecule has 19 heavy (non-hydrogen) atoms. The van der Waals surface area contributed by atoms with E-state index >= 15 is 0 Å². The van der Waals surface area contributed by atoms with Crippen molar-refractivity contribution >= 4 is 5.88 Å². The Bertz CT molecular complexity index is 610. The summed E-state index contributed by atoms with van der Waals surface area (Å²) in [4.78, 5) is 0. The van der Waals surface area contributed by atoms with Gasteiger partial charge in [0, 0.05) is 5.92 Å². The van der Waals surface area contributed by atoms with Gasteiger partial charge in [0.25, 0.3) is 0 Å². The Morgan fingerprint density at radius 1 is 1.11 bits per heavy atom. The lowest BCUT2D eigenvalue weighted by Crippen LogP contribution is -1.99. The van der Waals surface area contributed by atoms with Crippen molar-refractivity contribution in [2.45, 2.75) is 25.2 Å². The van der Waals surface area contributed by atoms with Gasteiger partial charge in [-0.05, 0) is 48.8 Å². The quantitative estimate of drug-likeness (QED) is 0.895. The number of rotatable bonds is 2. The van der Waals surface area contributed by atoms with Crippen LogP contribution in [0.5, 0.6) is 0 Å². The summed E-state index contributed by atoms with van der Waals surface area (Å²) in [5, 5.41) is 4.16. The molecule has 1 aromatic heterocycles. The zero-order valence-corrected chi connectivity index (χ0v) is 10.5. The molecule has 98 valence electrons. The van der Waals surface area contributed by atoms with Crippen LogP contribution in [0.4, 0.5) is 10.3 Å². The Morgan fingerprint density at radius 2 is 1.79 bits per heavy atom. The summed E-state index contributed by atoms with van der Waals surface area (Å²) in [6.07, 6.45) is 3.74. The van der Waals surface area contributed by atoms with Crippen molar-refractivity contribution in [2.75, 3.05) is 5.73 Å². The number of benzene rings is 1. The van der Waals surface area contributed by atoms with Crippen LogP contribution in [-0.2, 0) is 0 Å². The summed E-state index contributed by atoms with van der Waals surface area (Å²) in [5.74, 6) is 2.29. The van der Waals surface area contributed by atoms with Gasteiger partial charge < -0.3 is 10.3 Å². The van der Waals surface area contributed by atoms with Gasteiger partial charge in [0.2, 0.25) is 5.88 Å². The van der Waals surface area contributed by atoms with Crippen LogP contribution >= 0.6 is 0 Å². The van der Waals surface area contributed by atoms with Gasteiger partial charge in [0.1, 0.15) is 5.82 Å². The number of fused-ring (bicyclic) bond motifs is 1. The maximum atomic E-state index is 13.0. The molecule has 2 aliphatic rings. The van der Waals surface area contributed by atoms with Gasteiger partial charge in [-0.25, -0.2) is 4.39 Å². The number of nitrogens with zero attached hydrogens (tertiary/aromatic N) is 1. The highest BCUT2D eigenvalue weighted by Crippen LogP contribution is 2.58. The van der Waals surface area contributed by atoms with E-state index in [-0.39, 0.29) is 5.82 Å². The molecule has 2 N–H and O–H groups in total. The molecule has 2 aromatic rings. The van der Waals surface area contributed by atoms with Gasteiger partial charge >= 0.3 is 0 Å². The van der Waals surface area contributed by atoms with E-state index in [4.69, 9.17) is 10.3 Å². The number of hydrogen-bond acceptors (Lipinski definition) is 3. The number of nitrogens with two attached hydrogens (primary N) is 1. The van der Waals surface area contributed by atoms with Crippen LogP contribution in [0.25, 0.3) is 11.1 Å². The standard InChI is InChI=1S/C15H15FN2O/c16-12-3-1-8(2-4-12)13-14(18-19-15(13)17)11-6-9-5-10(9)7-11/h1-4,9-11H,5-7,17H2. The zero-order valence-electron chi connectivity index (χ0n) is 10.5. The lowest BCUT2D eigenvalue weighted by atomic mass is 9.93. The molecule has 2 atom stereocenters. The number of anilines is 1. The molecule has 0 aliphatic heterocycles. The van der Waals surface area contributed by atoms with Crippen molar-refractivity contribution in [1.82, 2.24) is 5.16 Å². The largest absolute Gasteiger partial charge is 0.367 e. The van der Waals surface area contributed by atoms with E-state index in [9.17, 15) is 4.39 Å². The molecule has 0 spiro atoms. The molecule has 1 aromatic carbocycles. The molecule has 2 fully saturated rings. The van der Waals surface area contributed by atoms with E-state index in [0.29, 0.717) is 11.8 Å². The van der Waals surface area contributed by atoms with Gasteiger partial charge in [-0.3, -0.25) is 0 Å². The van der Waals surface area contributed by atoms with Crippen LogP contribution < -0.4 is 5.73 Å². The molecule has 2 unspecified atom stereocenters. The van der Waals surface area contributed by atoms with Crippen molar-refractivity contribution < 1.29 is 8.91 Å². The minimum atomic E-state index is -0.248. The summed E-state index contributed by atoms with van der Waals surface area (Å²) in [5.41, 5.74) is 8.59. The molecule has 4 rings (SSSR count). The Labute approximate surface area is 110 Å². The van der Waals surface area contributed by atoms with Crippen LogP contribution in [0.1, 0.15) is 30.9 Å². The van der Waals surface area contributed by atoms with E-state index in [1.165, 1.54) is 31.4 Å². The number of nitrogen functional groups attached to an aromatic ring is 1. The van der Waals surface area contributed by atoms with Crippen LogP contribution in [-0.4, -0.2) is 5.16 Å². The summed E-state index contributed by atoms with van der Waals surface area (Å²) in [7, 11) is 0. The molecule has 3 nitrogen and oxygen atoms in total. The minimum Gasteiger partial charge on any atom is -0.367 e. The fraction of sp³-hybridized carbons (Fsp3) is 0.400. The third-order valence-corrected chi connectivity index (χ3v) is 4.51. The van der Waals surface area contributed by atoms with E-state index < -0.39 is 0 Å². The molecular weight excluding hydrogens is 243 g/mol. The van der Waals surface area contributed by atoms with Crippen LogP contribution in [0.3, 0.4) is 0 Å². The SMILES string of the molecule is Nc1onc(C2CC3CC3C2)c1-c1ccc(F)cc1. The summed E-state index contributed by atoms with van der Waals surface area (Å²) < 4.78 is 18.2. The van der Waals surface area contributed by atoms with E-state index in [1.54, 1.807) is 12.1 Å². The molecule has 2 aliphatic carbocycles. The minimum absolute atomic E-state index is 0.248. The molecule has 0 amide bonds. The van der Waals surface area contributed by atoms with Crippen molar-refractivity contribution in [3.63, 3.8) is 0 Å². The second-order valence-electron chi connectivity index (χ2n) is 5.74. The second-order valence-corrected chi connectivity index (χ2v) is 5.74. The fourth-order valence-corrected chi connectivity index (χ4v) is 3.44. The lowest BCUT2D eigenvalue weighted by molar-refractivity contribution is 0.416. The van der Waals surface area contributed by atoms with Gasteiger partial charge in [0.05, 0.1) is 11.3 Å². The summed E-state index contributed by atoms with van der Waals surface area (Å²) in [6, 6.07) is 6.35. The normalized spacial score (nSPS) is 28.4. The van der Waals surface area contributed by atoms with E-state index in [2.05, 4.69) is 5.16 Å². The summed E-state index contributed by atoms with van der Waals surface area (Å²) in [6.45, 7) is 0. The first-order valence-corrected chi connectivity index (χ1v) is 6.73. The summed E-state index contributed by atoms with van der Waals surface area (Å²) >= 11 is 0. The van der Waals surface area contributed by atoms with Crippen LogP contribution in [0.2, 0.25) is 0 Å². The second kappa shape index (κ2) is 3.83. The first-order valence-electron chi connectivity index (χ1n) is 6.73. The number of aromatic nitrogens is 1. The van der Waals surface area contributed by atoms with Gasteiger partial charge in [-0.15, -0.1) is 0 Å². The molecule has 2 saturated carbocycles. The lowest BCUT2D eigenvalue weighted by Gasteiger charge is -2.10. The Kier molecular flexibility index (Phi) is 2.22. The van der Waals surface area contributed by atoms with E-state index in [1.807, 2.05) is 0 Å². The van der Waals surface area contributed by atoms with Crippen molar-refractivity contribution in [3.8, 4) is 11.1 Å². The van der Waals surface area contributed by atoms with Crippen molar-refractivity contribution in [2.24, 2.45) is 11.8 Å². The zero-order chi connectivity index (χ0) is 13.0. The van der Waals surface area contributed by atoms with Crippen molar-refractivity contribution in [1.29, 1.82) is 0 Å². The highest BCUT2D eigenvalue weighted by atomic mass is 19.1. The molecule has 1 heterocycles. The average molecular weight is 258 g/mol. The van der Waals surface area contributed by atoms with Crippen LogP contribution in [0, 0.1) is 17.7 Å². The predicted molar refractivity (Wildman–Crippen MR) is 69.9 cm³/mol. The maximum absolute atomic E-state index is 13.0. The molecule has 0 radical (unpaired) electrons. The third kappa shape index (κ3) is 1.74. The molecular formula is C15H15FN2O. The highest BCUT2D eigenvalue weighted by molar-refractivity contribution is 5.75. The monoisotopic (exact) mass is 258 g/mol. The Morgan fingerprint density at radius 3 is 2.47 bits per heavy atom. The van der Waals surface area contributed by atoms with Crippen molar-refractivity contribution in [3.05, 3.63) is 35.8 Å². The maximum Gasteiger partial charge on any atom is 0.230 e. The van der Waals surface area contributed by atoms with Gasteiger partial charge in [-0.2, -0.15) is 0 Å². The highest BCUT2D eigenvalue weighted by Gasteiger charge is 2.47. The predicted octanol–water partition coefficient (Wildman–Crippen LogP) is 3.58. The Balaban J connectivity index is 1.74. The first-order chi connectivity index (χ1) is 9.22. The molecule has 0 bridgehead atoms. The van der Waals surface area contributed by atoms with E-state index in [0.717, 1.165) is 28.7 Å². The average Bonchev–Trinajstić information content (AvgIpc) is 2.84. The topological polar surface area (TPSA) is 52.0 Å². The van der Waals surface area contributed by atoms with Crippen LogP contribution in [0.15, 0.2) is 28.8 Å². The number of halogens is 1. The third-order valence-electron chi connectivity index (χ3n) is 4.51. The molecule has 0 saturated heterocycles. The smallest absolute Gasteiger partial charge is 0.230 e. The Hall–Kier alpha value is -1.84. The van der Waals surface area contributed by atoms with Gasteiger partial charge in [-0.1, -0.05) is 17.3 Å². The number of hydrogen-bond donors (Lipinski definition) is 1. The van der Waals surface area contributed by atoms with Gasteiger partial charge in [0.15, 0.2) is 0 Å². The first kappa shape index (κ1) is 11.0. The fourth-order valence-electron chi connectivity index (χ4n) is 3.44. The molecule has 4 heteroatoms.